The van der Waals surface area contributed by atoms with Gasteiger partial charge in [0.1, 0.15) is 23.2 Å². The molecule has 1 heterocycles. The molecule has 1 N–H and O–H groups in total. The SMILES string of the molecule is COc1cc2c(NC(C)c3cccc(C(F)F)c3F)nc(C)nc2cc1Br. The molecule has 1 aromatic heterocycles. The van der Waals surface area contributed by atoms with Crippen molar-refractivity contribution in [1.29, 1.82) is 0 Å². The van der Waals surface area contributed by atoms with Crippen LogP contribution in [0.5, 0.6) is 5.75 Å². The van der Waals surface area contributed by atoms with Crippen molar-refractivity contribution >= 4 is 32.7 Å². The van der Waals surface area contributed by atoms with E-state index in [-0.39, 0.29) is 5.56 Å². The molecule has 1 atom stereocenters. The Hall–Kier alpha value is -2.35. The summed E-state index contributed by atoms with van der Waals surface area (Å²) in [5.74, 6) is 0.674. The standard InChI is InChI=1S/C19H17BrF3N3O/c1-9(11-5-4-6-12(17(11)21)18(22)23)24-19-13-7-16(27-3)14(20)8-15(13)25-10(2)26-19/h4-9,18H,1-3H3,(H,24,25,26). The van der Waals surface area contributed by atoms with Gasteiger partial charge in [-0.3, -0.25) is 0 Å². The molecule has 0 saturated carbocycles. The molecule has 0 bridgehead atoms. The van der Waals surface area contributed by atoms with Crippen LogP contribution in [0, 0.1) is 12.7 Å². The summed E-state index contributed by atoms with van der Waals surface area (Å²) in [6.45, 7) is 3.43. The average molecular weight is 440 g/mol. The van der Waals surface area contributed by atoms with Gasteiger partial charge in [0.2, 0.25) is 0 Å². The Morgan fingerprint density at radius 1 is 1.15 bits per heavy atom. The second-order valence-electron chi connectivity index (χ2n) is 6.04. The summed E-state index contributed by atoms with van der Waals surface area (Å²) in [7, 11) is 1.54. The number of benzene rings is 2. The molecule has 0 fully saturated rings. The second kappa shape index (κ2) is 7.72. The van der Waals surface area contributed by atoms with Crippen LogP contribution in [-0.2, 0) is 0 Å². The Morgan fingerprint density at radius 2 is 1.85 bits per heavy atom. The molecule has 142 valence electrons. The van der Waals surface area contributed by atoms with Gasteiger partial charge in [0.25, 0.3) is 6.43 Å². The lowest BCUT2D eigenvalue weighted by Gasteiger charge is -2.19. The third kappa shape index (κ3) is 3.85. The number of alkyl halides is 2. The van der Waals surface area contributed by atoms with Crippen molar-refractivity contribution in [1.82, 2.24) is 9.97 Å². The van der Waals surface area contributed by atoms with E-state index in [9.17, 15) is 13.2 Å². The van der Waals surface area contributed by atoms with Gasteiger partial charge in [-0.15, -0.1) is 0 Å². The number of methoxy groups -OCH3 is 1. The molecule has 0 aliphatic rings. The Morgan fingerprint density at radius 3 is 2.52 bits per heavy atom. The zero-order valence-electron chi connectivity index (χ0n) is 14.9. The molecule has 4 nitrogen and oxygen atoms in total. The lowest BCUT2D eigenvalue weighted by molar-refractivity contribution is 0.146. The van der Waals surface area contributed by atoms with E-state index in [1.165, 1.54) is 12.1 Å². The monoisotopic (exact) mass is 439 g/mol. The molecule has 0 aliphatic carbocycles. The zero-order chi connectivity index (χ0) is 19.7. The van der Waals surface area contributed by atoms with Crippen LogP contribution in [-0.4, -0.2) is 17.1 Å². The zero-order valence-corrected chi connectivity index (χ0v) is 16.4. The van der Waals surface area contributed by atoms with E-state index in [0.717, 1.165) is 10.5 Å². The first-order valence-electron chi connectivity index (χ1n) is 8.16. The third-order valence-electron chi connectivity index (χ3n) is 4.19. The highest BCUT2D eigenvalue weighted by molar-refractivity contribution is 9.10. The highest BCUT2D eigenvalue weighted by atomic mass is 79.9. The molecule has 3 aromatic rings. The molecule has 0 saturated heterocycles. The number of nitrogens with zero attached hydrogens (tertiary/aromatic N) is 2. The maximum absolute atomic E-state index is 14.5. The number of ether oxygens (including phenoxy) is 1. The van der Waals surface area contributed by atoms with Crippen LogP contribution in [0.4, 0.5) is 19.0 Å². The van der Waals surface area contributed by atoms with Crippen molar-refractivity contribution in [2.45, 2.75) is 26.3 Å². The first-order valence-corrected chi connectivity index (χ1v) is 8.96. The average Bonchev–Trinajstić information content (AvgIpc) is 2.60. The fourth-order valence-corrected chi connectivity index (χ4v) is 3.36. The number of aryl methyl sites for hydroxylation is 1. The van der Waals surface area contributed by atoms with Crippen molar-refractivity contribution in [3.05, 3.63) is 57.6 Å². The van der Waals surface area contributed by atoms with E-state index < -0.39 is 23.8 Å². The number of hydrogen-bond acceptors (Lipinski definition) is 4. The van der Waals surface area contributed by atoms with Crippen molar-refractivity contribution < 1.29 is 17.9 Å². The predicted octanol–water partition coefficient (Wildman–Crippen LogP) is 5.96. The van der Waals surface area contributed by atoms with E-state index >= 15 is 0 Å². The molecular formula is C19H17BrF3N3O. The molecular weight excluding hydrogens is 423 g/mol. The summed E-state index contributed by atoms with van der Waals surface area (Å²) >= 11 is 3.42. The van der Waals surface area contributed by atoms with Gasteiger partial charge in [0.15, 0.2) is 0 Å². The Labute approximate surface area is 162 Å². The van der Waals surface area contributed by atoms with E-state index in [2.05, 4.69) is 31.2 Å². The largest absolute Gasteiger partial charge is 0.496 e. The van der Waals surface area contributed by atoms with Gasteiger partial charge in [0, 0.05) is 10.9 Å². The van der Waals surface area contributed by atoms with Crippen LogP contribution in [0.2, 0.25) is 0 Å². The summed E-state index contributed by atoms with van der Waals surface area (Å²) in [6.07, 6.45) is -2.87. The van der Waals surface area contributed by atoms with Crippen molar-refractivity contribution in [3.63, 3.8) is 0 Å². The lowest BCUT2D eigenvalue weighted by atomic mass is 10.0. The van der Waals surface area contributed by atoms with Crippen LogP contribution in [0.1, 0.15) is 36.3 Å². The maximum atomic E-state index is 14.5. The van der Waals surface area contributed by atoms with Crippen LogP contribution >= 0.6 is 15.9 Å². The number of hydrogen-bond donors (Lipinski definition) is 1. The van der Waals surface area contributed by atoms with Crippen molar-refractivity contribution in [2.75, 3.05) is 12.4 Å². The lowest BCUT2D eigenvalue weighted by Crippen LogP contribution is -2.12. The Kier molecular flexibility index (Phi) is 5.55. The van der Waals surface area contributed by atoms with Gasteiger partial charge in [-0.1, -0.05) is 18.2 Å². The predicted molar refractivity (Wildman–Crippen MR) is 102 cm³/mol. The molecule has 0 aliphatic heterocycles. The molecule has 0 spiro atoms. The normalized spacial score (nSPS) is 12.4. The summed E-state index contributed by atoms with van der Waals surface area (Å²) in [4.78, 5) is 8.79. The first-order chi connectivity index (χ1) is 12.8. The number of rotatable bonds is 5. The van der Waals surface area contributed by atoms with Crippen molar-refractivity contribution in [2.24, 2.45) is 0 Å². The Balaban J connectivity index is 2.05. The maximum Gasteiger partial charge on any atom is 0.266 e. The summed E-state index contributed by atoms with van der Waals surface area (Å²) in [5.41, 5.74) is 0.198. The number of aromatic nitrogens is 2. The highest BCUT2D eigenvalue weighted by Crippen LogP contribution is 2.34. The number of fused-ring (bicyclic) bond motifs is 1. The summed E-state index contributed by atoms with van der Waals surface area (Å²) in [6, 6.07) is 6.96. The smallest absolute Gasteiger partial charge is 0.266 e. The van der Waals surface area contributed by atoms with Gasteiger partial charge in [-0.25, -0.2) is 23.1 Å². The van der Waals surface area contributed by atoms with E-state index in [4.69, 9.17) is 4.74 Å². The summed E-state index contributed by atoms with van der Waals surface area (Å²) < 4.78 is 46.5. The third-order valence-corrected chi connectivity index (χ3v) is 4.81. The Bertz CT molecular complexity index is 998. The topological polar surface area (TPSA) is 47.0 Å². The van der Waals surface area contributed by atoms with Gasteiger partial charge in [-0.05, 0) is 41.9 Å². The fraction of sp³-hybridized carbons (Fsp3) is 0.263. The van der Waals surface area contributed by atoms with Gasteiger partial charge in [-0.2, -0.15) is 0 Å². The van der Waals surface area contributed by atoms with Crippen LogP contribution in [0.15, 0.2) is 34.8 Å². The van der Waals surface area contributed by atoms with Gasteiger partial charge >= 0.3 is 0 Å². The highest BCUT2D eigenvalue weighted by Gasteiger charge is 2.20. The van der Waals surface area contributed by atoms with E-state index in [1.54, 1.807) is 33.1 Å². The number of halogens is 4. The number of nitrogens with one attached hydrogen (secondary N) is 1. The molecule has 3 rings (SSSR count). The van der Waals surface area contributed by atoms with Gasteiger partial charge < -0.3 is 10.1 Å². The fourth-order valence-electron chi connectivity index (χ4n) is 2.87. The van der Waals surface area contributed by atoms with Crippen LogP contribution in [0.3, 0.4) is 0 Å². The summed E-state index contributed by atoms with van der Waals surface area (Å²) in [5, 5.41) is 3.79. The first kappa shape index (κ1) is 19.4. The second-order valence-corrected chi connectivity index (χ2v) is 6.89. The minimum absolute atomic E-state index is 0.140. The molecule has 0 radical (unpaired) electrons. The van der Waals surface area contributed by atoms with Crippen LogP contribution in [0.25, 0.3) is 10.9 Å². The molecule has 0 amide bonds. The van der Waals surface area contributed by atoms with E-state index in [0.29, 0.717) is 28.3 Å². The van der Waals surface area contributed by atoms with Crippen LogP contribution < -0.4 is 10.1 Å². The van der Waals surface area contributed by atoms with Gasteiger partial charge in [0.05, 0.1) is 28.7 Å². The quantitative estimate of drug-likeness (QED) is 0.532. The molecule has 1 unspecified atom stereocenters. The molecule has 27 heavy (non-hydrogen) atoms. The minimum atomic E-state index is -2.87. The molecule has 2 aromatic carbocycles. The number of anilines is 1. The van der Waals surface area contributed by atoms with E-state index in [1.807, 2.05) is 0 Å². The van der Waals surface area contributed by atoms with Crippen molar-refractivity contribution in [3.8, 4) is 5.75 Å². The minimum Gasteiger partial charge on any atom is -0.496 e. The molecule has 8 heteroatoms.